The molecule has 2 fully saturated rings. The lowest BCUT2D eigenvalue weighted by Gasteiger charge is -2.40. The molecule has 19 heavy (non-hydrogen) atoms. The van der Waals surface area contributed by atoms with Crippen molar-refractivity contribution in [3.63, 3.8) is 0 Å². The zero-order valence-electron chi connectivity index (χ0n) is 12.8. The molecule has 1 aliphatic carbocycles. The van der Waals surface area contributed by atoms with Gasteiger partial charge in [0.25, 0.3) is 0 Å². The van der Waals surface area contributed by atoms with Crippen molar-refractivity contribution >= 4 is 0 Å². The Bertz CT molecular complexity index is 322. The quantitative estimate of drug-likeness (QED) is 0.781. The van der Waals surface area contributed by atoms with Crippen molar-refractivity contribution in [3.8, 4) is 6.07 Å². The van der Waals surface area contributed by atoms with Crippen LogP contribution in [-0.2, 0) is 0 Å². The first-order chi connectivity index (χ1) is 9.15. The summed E-state index contributed by atoms with van der Waals surface area (Å²) in [6.45, 7) is 4.66. The minimum atomic E-state index is 0.250. The average Bonchev–Trinajstić information content (AvgIpc) is 2.83. The van der Waals surface area contributed by atoms with Gasteiger partial charge < -0.3 is 9.80 Å². The molecule has 0 N–H and O–H groups in total. The topological polar surface area (TPSA) is 30.3 Å². The second-order valence-electron chi connectivity index (χ2n) is 6.61. The van der Waals surface area contributed by atoms with Crippen LogP contribution in [0.5, 0.6) is 0 Å². The van der Waals surface area contributed by atoms with Crippen molar-refractivity contribution in [3.05, 3.63) is 0 Å². The van der Waals surface area contributed by atoms with Crippen LogP contribution >= 0.6 is 0 Å². The number of hydrogen-bond acceptors (Lipinski definition) is 3. The van der Waals surface area contributed by atoms with E-state index in [0.29, 0.717) is 12.1 Å². The molecule has 0 radical (unpaired) electrons. The van der Waals surface area contributed by atoms with Crippen molar-refractivity contribution in [2.45, 2.75) is 57.5 Å². The van der Waals surface area contributed by atoms with Gasteiger partial charge in [-0.1, -0.05) is 13.3 Å². The highest BCUT2D eigenvalue weighted by atomic mass is 15.2. The van der Waals surface area contributed by atoms with Crippen LogP contribution in [0, 0.1) is 23.2 Å². The lowest BCUT2D eigenvalue weighted by Crippen LogP contribution is -2.46. The molecule has 4 atom stereocenters. The van der Waals surface area contributed by atoms with E-state index in [2.05, 4.69) is 36.9 Å². The van der Waals surface area contributed by atoms with E-state index in [4.69, 9.17) is 0 Å². The second-order valence-corrected chi connectivity index (χ2v) is 6.61. The van der Waals surface area contributed by atoms with Crippen molar-refractivity contribution in [1.82, 2.24) is 9.80 Å². The van der Waals surface area contributed by atoms with Crippen molar-refractivity contribution in [1.29, 1.82) is 5.26 Å². The summed E-state index contributed by atoms with van der Waals surface area (Å²) in [5.41, 5.74) is 0. The van der Waals surface area contributed by atoms with Gasteiger partial charge in [0.15, 0.2) is 0 Å². The molecule has 0 bridgehead atoms. The smallest absolute Gasteiger partial charge is 0.0672 e. The predicted octanol–water partition coefficient (Wildman–Crippen LogP) is 2.73. The maximum Gasteiger partial charge on any atom is 0.0672 e. The van der Waals surface area contributed by atoms with Gasteiger partial charge in [-0.05, 0) is 58.7 Å². The van der Waals surface area contributed by atoms with E-state index in [9.17, 15) is 5.26 Å². The van der Waals surface area contributed by atoms with Crippen LogP contribution in [0.4, 0.5) is 0 Å². The zero-order valence-corrected chi connectivity index (χ0v) is 12.8. The van der Waals surface area contributed by atoms with E-state index in [1.165, 1.54) is 38.6 Å². The summed E-state index contributed by atoms with van der Waals surface area (Å²) in [4.78, 5) is 4.97. The highest BCUT2D eigenvalue weighted by Crippen LogP contribution is 2.33. The molecule has 0 amide bonds. The van der Waals surface area contributed by atoms with Gasteiger partial charge in [0.2, 0.25) is 0 Å². The monoisotopic (exact) mass is 263 g/mol. The lowest BCUT2D eigenvalue weighted by molar-refractivity contribution is 0.100. The molecule has 108 valence electrons. The summed E-state index contributed by atoms with van der Waals surface area (Å²) >= 11 is 0. The predicted molar refractivity (Wildman–Crippen MR) is 78.8 cm³/mol. The lowest BCUT2D eigenvalue weighted by atomic mass is 9.77. The Morgan fingerprint density at radius 1 is 1.32 bits per heavy atom. The summed E-state index contributed by atoms with van der Waals surface area (Å²) in [6, 6.07) is 3.74. The summed E-state index contributed by atoms with van der Waals surface area (Å²) < 4.78 is 0. The molecule has 1 aliphatic heterocycles. The summed E-state index contributed by atoms with van der Waals surface area (Å²) in [5, 5.41) is 9.40. The molecule has 3 nitrogen and oxygen atoms in total. The third kappa shape index (κ3) is 3.49. The molecule has 1 saturated carbocycles. The first kappa shape index (κ1) is 14.8. The molecule has 0 aromatic carbocycles. The van der Waals surface area contributed by atoms with E-state index in [-0.39, 0.29) is 5.92 Å². The highest BCUT2D eigenvalue weighted by molar-refractivity contribution is 4.97. The molecular weight excluding hydrogens is 234 g/mol. The van der Waals surface area contributed by atoms with Gasteiger partial charge in [-0.3, -0.25) is 0 Å². The molecule has 1 saturated heterocycles. The van der Waals surface area contributed by atoms with Crippen LogP contribution in [0.15, 0.2) is 0 Å². The summed E-state index contributed by atoms with van der Waals surface area (Å²) in [6.07, 6.45) is 7.50. The highest BCUT2D eigenvalue weighted by Gasteiger charge is 2.34. The minimum absolute atomic E-state index is 0.250. The molecule has 1 heterocycles. The molecule has 0 aromatic heterocycles. The second kappa shape index (κ2) is 6.72. The average molecular weight is 263 g/mol. The fourth-order valence-corrected chi connectivity index (χ4v) is 3.92. The van der Waals surface area contributed by atoms with E-state index in [1.54, 1.807) is 0 Å². The number of likely N-dealkylation sites (N-methyl/N-ethyl adjacent to an activating group) is 2. The molecule has 0 spiro atoms. The van der Waals surface area contributed by atoms with Crippen LogP contribution < -0.4 is 0 Å². The molecule has 2 aliphatic rings. The maximum absolute atomic E-state index is 9.40. The fraction of sp³-hybridized carbons (Fsp3) is 0.938. The molecule has 0 aromatic rings. The Balaban J connectivity index is 1.94. The Labute approximate surface area is 118 Å². The van der Waals surface area contributed by atoms with Crippen molar-refractivity contribution < 1.29 is 0 Å². The molecule has 3 heteroatoms. The first-order valence-electron chi connectivity index (χ1n) is 7.95. The summed E-state index contributed by atoms with van der Waals surface area (Å²) in [7, 11) is 4.47. The van der Waals surface area contributed by atoms with Crippen LogP contribution in [0.2, 0.25) is 0 Å². The number of nitrogens with zero attached hydrogens (tertiary/aromatic N) is 3. The third-order valence-corrected chi connectivity index (χ3v) is 5.40. The standard InChI is InChI=1S/C16H29N3/c1-4-13-7-8-14(11-17)16(10-13)19(3)12-15-6-5-9-18(15)2/h13-16H,4-10,12H2,1-3H3. The number of nitriles is 1. The Morgan fingerprint density at radius 3 is 2.68 bits per heavy atom. The van der Waals surface area contributed by atoms with Gasteiger partial charge in [-0.15, -0.1) is 0 Å². The number of rotatable bonds is 4. The molecular formula is C16H29N3. The largest absolute Gasteiger partial charge is 0.302 e. The van der Waals surface area contributed by atoms with Gasteiger partial charge in [-0.2, -0.15) is 5.26 Å². The van der Waals surface area contributed by atoms with Gasteiger partial charge in [0, 0.05) is 18.6 Å². The summed E-state index contributed by atoms with van der Waals surface area (Å²) in [5.74, 6) is 1.08. The van der Waals surface area contributed by atoms with Crippen molar-refractivity contribution in [2.75, 3.05) is 27.2 Å². The van der Waals surface area contributed by atoms with Gasteiger partial charge in [0.05, 0.1) is 12.0 Å². The van der Waals surface area contributed by atoms with E-state index in [1.807, 2.05) is 0 Å². The third-order valence-electron chi connectivity index (χ3n) is 5.40. The SMILES string of the molecule is CCC1CCC(C#N)C(N(C)CC2CCCN2C)C1. The minimum Gasteiger partial charge on any atom is -0.302 e. The molecule has 2 rings (SSSR count). The number of likely N-dealkylation sites (tertiary alicyclic amines) is 1. The van der Waals surface area contributed by atoms with Gasteiger partial charge >= 0.3 is 0 Å². The van der Waals surface area contributed by atoms with Crippen LogP contribution in [0.25, 0.3) is 0 Å². The van der Waals surface area contributed by atoms with Crippen LogP contribution in [-0.4, -0.2) is 49.1 Å². The maximum atomic E-state index is 9.40. The van der Waals surface area contributed by atoms with Gasteiger partial charge in [0.1, 0.15) is 0 Å². The number of hydrogen-bond donors (Lipinski definition) is 0. The van der Waals surface area contributed by atoms with Crippen LogP contribution in [0.1, 0.15) is 45.4 Å². The van der Waals surface area contributed by atoms with E-state index >= 15 is 0 Å². The molecule has 4 unspecified atom stereocenters. The Hall–Kier alpha value is -0.590. The normalized spacial score (nSPS) is 36.6. The van der Waals surface area contributed by atoms with E-state index < -0.39 is 0 Å². The van der Waals surface area contributed by atoms with Crippen LogP contribution in [0.3, 0.4) is 0 Å². The fourth-order valence-electron chi connectivity index (χ4n) is 3.92. The van der Waals surface area contributed by atoms with Crippen molar-refractivity contribution in [2.24, 2.45) is 11.8 Å². The van der Waals surface area contributed by atoms with E-state index in [0.717, 1.165) is 18.9 Å². The van der Waals surface area contributed by atoms with Gasteiger partial charge in [-0.25, -0.2) is 0 Å². The Morgan fingerprint density at radius 2 is 2.11 bits per heavy atom. The first-order valence-corrected chi connectivity index (χ1v) is 7.95. The zero-order chi connectivity index (χ0) is 13.8. The Kier molecular flexibility index (Phi) is 5.24.